The molecule has 3 aromatic carbocycles. The van der Waals surface area contributed by atoms with E-state index < -0.39 is 28.5 Å². The zero-order chi connectivity index (χ0) is 28.7. The van der Waals surface area contributed by atoms with Gasteiger partial charge in [0.1, 0.15) is 12.6 Å². The van der Waals surface area contributed by atoms with Gasteiger partial charge in [-0.05, 0) is 73.7 Å². The van der Waals surface area contributed by atoms with Gasteiger partial charge in [0.2, 0.25) is 11.8 Å². The third kappa shape index (κ3) is 7.23. The third-order valence-corrected chi connectivity index (χ3v) is 9.29. The van der Waals surface area contributed by atoms with Gasteiger partial charge in [0.05, 0.1) is 10.6 Å². The van der Waals surface area contributed by atoms with Gasteiger partial charge in [0, 0.05) is 17.6 Å². The molecule has 7 nitrogen and oxygen atoms in total. The first kappa shape index (κ1) is 29.6. The van der Waals surface area contributed by atoms with Crippen LogP contribution >= 0.6 is 11.6 Å². The lowest BCUT2D eigenvalue weighted by Crippen LogP contribution is -2.53. The topological polar surface area (TPSA) is 86.8 Å². The fraction of sp³-hybridized carbons (Fsp3) is 0.355. The Labute approximate surface area is 242 Å². The standard InChI is InChI=1S/C31H36ClN3O4S/c1-3-29(31(37)33-26-13-7-8-14-26)34(21-24-11-5-4-6-12-24)30(36)22-35(27-15-9-10-23(2)20-27)40(38,39)28-18-16-25(32)17-19-28/h4-6,9-12,15-20,26,29H,3,7-8,13-14,21-22H2,1-2H3,(H,33,37)/t29-/m0/s1. The molecule has 212 valence electrons. The summed E-state index contributed by atoms with van der Waals surface area (Å²) >= 11 is 6.02. The van der Waals surface area contributed by atoms with Gasteiger partial charge in [-0.25, -0.2) is 8.42 Å². The van der Waals surface area contributed by atoms with Gasteiger partial charge in [-0.3, -0.25) is 13.9 Å². The summed E-state index contributed by atoms with van der Waals surface area (Å²) in [5.74, 6) is -0.669. The first-order valence-corrected chi connectivity index (χ1v) is 15.5. The Kier molecular flexibility index (Phi) is 9.87. The van der Waals surface area contributed by atoms with Crippen molar-refractivity contribution in [1.29, 1.82) is 0 Å². The van der Waals surface area contributed by atoms with Crippen molar-refractivity contribution in [3.8, 4) is 0 Å². The zero-order valence-corrected chi connectivity index (χ0v) is 24.5. The van der Waals surface area contributed by atoms with Crippen LogP contribution in [-0.2, 0) is 26.2 Å². The molecule has 1 aliphatic carbocycles. The molecule has 1 atom stereocenters. The molecule has 4 rings (SSSR count). The molecule has 0 aromatic heterocycles. The Bertz CT molecular complexity index is 1410. The number of hydrogen-bond acceptors (Lipinski definition) is 4. The molecule has 40 heavy (non-hydrogen) atoms. The van der Waals surface area contributed by atoms with Crippen molar-refractivity contribution in [2.24, 2.45) is 0 Å². The van der Waals surface area contributed by atoms with Gasteiger partial charge in [-0.15, -0.1) is 0 Å². The molecule has 2 amide bonds. The number of carbonyl (C=O) groups is 2. The van der Waals surface area contributed by atoms with Gasteiger partial charge in [-0.2, -0.15) is 0 Å². The van der Waals surface area contributed by atoms with E-state index in [1.54, 1.807) is 18.2 Å². The number of nitrogens with one attached hydrogen (secondary N) is 1. The van der Waals surface area contributed by atoms with Crippen molar-refractivity contribution >= 4 is 39.1 Å². The summed E-state index contributed by atoms with van der Waals surface area (Å²) in [6, 6.07) is 21.7. The molecule has 0 aliphatic heterocycles. The fourth-order valence-corrected chi connectivity index (χ4v) is 6.64. The van der Waals surface area contributed by atoms with E-state index in [2.05, 4.69) is 5.32 Å². The molecule has 0 unspecified atom stereocenters. The number of carbonyl (C=O) groups excluding carboxylic acids is 2. The number of aryl methyl sites for hydroxylation is 1. The minimum atomic E-state index is -4.13. The summed E-state index contributed by atoms with van der Waals surface area (Å²) in [6.45, 7) is 3.45. The largest absolute Gasteiger partial charge is 0.352 e. The van der Waals surface area contributed by atoms with Crippen LogP contribution in [0.25, 0.3) is 0 Å². The van der Waals surface area contributed by atoms with Crippen LogP contribution in [0.2, 0.25) is 5.02 Å². The Hall–Kier alpha value is -3.36. The van der Waals surface area contributed by atoms with Crippen LogP contribution in [-0.4, -0.2) is 43.8 Å². The van der Waals surface area contributed by atoms with E-state index in [0.717, 1.165) is 41.1 Å². The number of hydrogen-bond donors (Lipinski definition) is 1. The maximum Gasteiger partial charge on any atom is 0.264 e. The molecule has 9 heteroatoms. The first-order chi connectivity index (χ1) is 19.2. The highest BCUT2D eigenvalue weighted by Crippen LogP contribution is 2.27. The van der Waals surface area contributed by atoms with E-state index in [9.17, 15) is 18.0 Å². The van der Waals surface area contributed by atoms with Gasteiger partial charge < -0.3 is 10.2 Å². The van der Waals surface area contributed by atoms with E-state index >= 15 is 0 Å². The molecule has 1 fully saturated rings. The van der Waals surface area contributed by atoms with Gasteiger partial charge in [0.15, 0.2) is 0 Å². The van der Waals surface area contributed by atoms with Gasteiger partial charge >= 0.3 is 0 Å². The van der Waals surface area contributed by atoms with Crippen molar-refractivity contribution in [3.63, 3.8) is 0 Å². The SMILES string of the molecule is CC[C@@H](C(=O)NC1CCCC1)N(Cc1ccccc1)C(=O)CN(c1cccc(C)c1)S(=O)(=O)c1ccc(Cl)cc1. The van der Waals surface area contributed by atoms with Crippen molar-refractivity contribution in [2.45, 2.75) is 69.5 Å². The van der Waals surface area contributed by atoms with E-state index in [4.69, 9.17) is 11.6 Å². The molecule has 0 saturated heterocycles. The number of nitrogens with zero attached hydrogens (tertiary/aromatic N) is 2. The highest BCUT2D eigenvalue weighted by atomic mass is 35.5. The molecule has 0 radical (unpaired) electrons. The third-order valence-electron chi connectivity index (χ3n) is 7.25. The summed E-state index contributed by atoms with van der Waals surface area (Å²) in [4.78, 5) is 29.1. The second-order valence-corrected chi connectivity index (χ2v) is 12.5. The van der Waals surface area contributed by atoms with Crippen LogP contribution in [0, 0.1) is 6.92 Å². The Balaban J connectivity index is 1.70. The Morgan fingerprint density at radius 1 is 0.975 bits per heavy atom. The lowest BCUT2D eigenvalue weighted by atomic mass is 10.1. The monoisotopic (exact) mass is 581 g/mol. The second-order valence-electron chi connectivity index (χ2n) is 10.2. The lowest BCUT2D eigenvalue weighted by molar-refractivity contribution is -0.140. The average molecular weight is 582 g/mol. The van der Waals surface area contributed by atoms with Crippen molar-refractivity contribution in [2.75, 3.05) is 10.8 Å². The number of halogens is 1. The highest BCUT2D eigenvalue weighted by molar-refractivity contribution is 7.92. The van der Waals surface area contributed by atoms with E-state index in [1.165, 1.54) is 29.2 Å². The quantitative estimate of drug-likeness (QED) is 0.314. The second kappa shape index (κ2) is 13.3. The van der Waals surface area contributed by atoms with Gasteiger partial charge in [-0.1, -0.05) is 73.8 Å². The van der Waals surface area contributed by atoms with E-state index in [0.29, 0.717) is 17.1 Å². The molecule has 1 aliphatic rings. The normalized spacial score (nSPS) is 14.5. The van der Waals surface area contributed by atoms with Crippen molar-refractivity contribution in [1.82, 2.24) is 10.2 Å². The zero-order valence-electron chi connectivity index (χ0n) is 22.9. The lowest BCUT2D eigenvalue weighted by Gasteiger charge is -2.33. The van der Waals surface area contributed by atoms with Crippen molar-refractivity contribution in [3.05, 3.63) is 95.0 Å². The molecular formula is C31H36ClN3O4S. The molecule has 1 N–H and O–H groups in total. The van der Waals surface area contributed by atoms with Crippen LogP contribution < -0.4 is 9.62 Å². The predicted molar refractivity (Wildman–Crippen MR) is 159 cm³/mol. The molecular weight excluding hydrogens is 546 g/mol. The average Bonchev–Trinajstić information content (AvgIpc) is 3.45. The molecule has 0 spiro atoms. The highest BCUT2D eigenvalue weighted by Gasteiger charge is 2.34. The van der Waals surface area contributed by atoms with Crippen LogP contribution in [0.15, 0.2) is 83.8 Å². The molecule has 0 bridgehead atoms. The Morgan fingerprint density at radius 3 is 2.27 bits per heavy atom. The summed E-state index contributed by atoms with van der Waals surface area (Å²) < 4.78 is 28.9. The minimum Gasteiger partial charge on any atom is -0.352 e. The Morgan fingerprint density at radius 2 is 1.65 bits per heavy atom. The summed E-state index contributed by atoms with van der Waals surface area (Å²) in [6.07, 6.45) is 4.39. The van der Waals surface area contributed by atoms with E-state index in [-0.39, 0.29) is 23.4 Å². The van der Waals surface area contributed by atoms with Crippen molar-refractivity contribution < 1.29 is 18.0 Å². The van der Waals surface area contributed by atoms with Gasteiger partial charge in [0.25, 0.3) is 10.0 Å². The summed E-state index contributed by atoms with van der Waals surface area (Å²) in [7, 11) is -4.13. The number of sulfonamides is 1. The maximum absolute atomic E-state index is 14.1. The number of rotatable bonds is 11. The molecule has 1 saturated carbocycles. The summed E-state index contributed by atoms with van der Waals surface area (Å²) in [5, 5.41) is 3.54. The van der Waals surface area contributed by atoms with Crippen LogP contribution in [0.5, 0.6) is 0 Å². The van der Waals surface area contributed by atoms with Crippen LogP contribution in [0.3, 0.4) is 0 Å². The smallest absolute Gasteiger partial charge is 0.264 e. The minimum absolute atomic E-state index is 0.0202. The molecule has 0 heterocycles. The molecule has 3 aromatic rings. The fourth-order valence-electron chi connectivity index (χ4n) is 5.11. The first-order valence-electron chi connectivity index (χ1n) is 13.7. The number of anilines is 1. The number of amides is 2. The number of benzene rings is 3. The summed E-state index contributed by atoms with van der Waals surface area (Å²) in [5.41, 5.74) is 2.07. The maximum atomic E-state index is 14.1. The van der Waals surface area contributed by atoms with Crippen LogP contribution in [0.1, 0.15) is 50.2 Å². The van der Waals surface area contributed by atoms with Crippen LogP contribution in [0.4, 0.5) is 5.69 Å². The predicted octanol–water partition coefficient (Wildman–Crippen LogP) is 5.71. The van der Waals surface area contributed by atoms with E-state index in [1.807, 2.05) is 50.2 Å².